The number of fused-ring (bicyclic) bond motifs is 2. The van der Waals surface area contributed by atoms with Crippen molar-refractivity contribution >= 4 is 31.5 Å². The van der Waals surface area contributed by atoms with Crippen molar-refractivity contribution in [2.75, 3.05) is 0 Å². The van der Waals surface area contributed by atoms with E-state index >= 15 is 0 Å². The van der Waals surface area contributed by atoms with Gasteiger partial charge in [-0.15, -0.1) is 0 Å². The summed E-state index contributed by atoms with van der Waals surface area (Å²) in [5, 5.41) is 1.24. The Bertz CT molecular complexity index is 602. The molecule has 27 heavy (non-hydrogen) atoms. The summed E-state index contributed by atoms with van der Waals surface area (Å²) in [4.78, 5) is 4.13. The van der Waals surface area contributed by atoms with Crippen LogP contribution >= 0.6 is 23.2 Å². The Morgan fingerprint density at radius 3 is 2.22 bits per heavy atom. The molecule has 3 rings (SSSR count). The van der Waals surface area contributed by atoms with Crippen molar-refractivity contribution in [3.05, 3.63) is 28.0 Å². The first-order chi connectivity index (χ1) is 13.0. The summed E-state index contributed by atoms with van der Waals surface area (Å²) in [5.74, 6) is 0. The van der Waals surface area contributed by atoms with Crippen LogP contribution in [-0.2, 0) is 9.16 Å². The molecule has 1 atom stereocenters. The minimum atomic E-state index is -1.78. The van der Waals surface area contributed by atoms with Crippen LogP contribution in [0.2, 0.25) is 28.2 Å². The maximum absolute atomic E-state index is 6.88. The molecule has 2 saturated heterocycles. The molecule has 2 aliphatic heterocycles. The number of rotatable bonds is 10. The van der Waals surface area contributed by atoms with Gasteiger partial charge in [-0.05, 0) is 63.1 Å². The van der Waals surface area contributed by atoms with Gasteiger partial charge in [0.2, 0.25) is 0 Å². The van der Waals surface area contributed by atoms with E-state index in [1.54, 1.807) is 12.4 Å². The van der Waals surface area contributed by atoms with E-state index in [9.17, 15) is 0 Å². The molecule has 0 amide bonds. The van der Waals surface area contributed by atoms with Gasteiger partial charge in [0.25, 0.3) is 0 Å². The molecule has 3 heterocycles. The molecule has 0 saturated carbocycles. The first-order valence-corrected chi connectivity index (χ1v) is 13.9. The van der Waals surface area contributed by atoms with Gasteiger partial charge in [-0.1, -0.05) is 44.0 Å². The number of pyridine rings is 1. The maximum atomic E-state index is 6.88. The van der Waals surface area contributed by atoms with Gasteiger partial charge in [-0.2, -0.15) is 0 Å². The van der Waals surface area contributed by atoms with Crippen LogP contribution in [0.4, 0.5) is 0 Å². The Balaban J connectivity index is 1.75. The molecular weight excluding hydrogens is 397 g/mol. The third kappa shape index (κ3) is 4.72. The van der Waals surface area contributed by atoms with Crippen molar-refractivity contribution in [3.63, 3.8) is 0 Å². The van der Waals surface area contributed by atoms with Crippen LogP contribution in [0.5, 0.6) is 0 Å². The van der Waals surface area contributed by atoms with E-state index < -0.39 is 8.32 Å². The fraction of sp³-hybridized carbons (Fsp3) is 0.762. The average molecular weight is 430 g/mol. The highest BCUT2D eigenvalue weighted by Gasteiger charge is 2.45. The Labute approximate surface area is 175 Å². The van der Waals surface area contributed by atoms with E-state index in [4.69, 9.17) is 32.4 Å². The van der Waals surface area contributed by atoms with Gasteiger partial charge < -0.3 is 9.16 Å². The zero-order valence-electron chi connectivity index (χ0n) is 16.9. The van der Waals surface area contributed by atoms with Crippen molar-refractivity contribution in [3.8, 4) is 0 Å². The molecular formula is C21H33Cl2NO2Si. The van der Waals surface area contributed by atoms with Crippen molar-refractivity contribution in [2.45, 2.75) is 102 Å². The molecule has 1 aromatic rings. The molecule has 0 spiro atoms. The van der Waals surface area contributed by atoms with Crippen LogP contribution in [0.15, 0.2) is 12.4 Å². The van der Waals surface area contributed by atoms with Crippen LogP contribution in [-0.4, -0.2) is 25.0 Å². The number of nitrogens with zero attached hydrogens (tertiary/aromatic N) is 1. The topological polar surface area (TPSA) is 31.4 Å². The summed E-state index contributed by atoms with van der Waals surface area (Å²) in [7, 11) is -1.78. The Morgan fingerprint density at radius 1 is 1.15 bits per heavy atom. The molecule has 1 aromatic heterocycles. The molecule has 0 aromatic carbocycles. The Morgan fingerprint density at radius 2 is 1.74 bits per heavy atom. The number of hydrogen-bond donors (Lipinski definition) is 0. The smallest absolute Gasteiger partial charge is 0.192 e. The zero-order chi connectivity index (χ0) is 19.5. The number of halogens is 2. The third-order valence-corrected chi connectivity index (χ3v) is 12.1. The van der Waals surface area contributed by atoms with E-state index in [1.807, 2.05) is 0 Å². The molecule has 2 bridgehead atoms. The Kier molecular flexibility index (Phi) is 7.29. The summed E-state index contributed by atoms with van der Waals surface area (Å²) >= 11 is 13.0. The SMILES string of the molecule is CC[Si](CC)(CC)OC(CCCC12CCC(CC1)O2)c1c(Cl)cncc1Cl. The average Bonchev–Trinajstić information content (AvgIpc) is 3.27. The summed E-state index contributed by atoms with van der Waals surface area (Å²) in [5.41, 5.74) is 1.06. The highest BCUT2D eigenvalue weighted by Crippen LogP contribution is 2.47. The van der Waals surface area contributed by atoms with Gasteiger partial charge in [-0.25, -0.2) is 0 Å². The summed E-state index contributed by atoms with van der Waals surface area (Å²) in [6.07, 6.45) is 11.9. The van der Waals surface area contributed by atoms with Gasteiger partial charge in [-0.3, -0.25) is 4.98 Å². The predicted molar refractivity (Wildman–Crippen MR) is 115 cm³/mol. The second-order valence-corrected chi connectivity index (χ2v) is 13.8. The second-order valence-electron chi connectivity index (χ2n) is 8.26. The molecule has 2 aliphatic rings. The van der Waals surface area contributed by atoms with Crippen molar-refractivity contribution in [1.29, 1.82) is 0 Å². The quantitative estimate of drug-likeness (QED) is 0.364. The molecule has 0 radical (unpaired) electrons. The molecule has 152 valence electrons. The van der Waals surface area contributed by atoms with Crippen LogP contribution in [0.1, 0.15) is 77.4 Å². The summed E-state index contributed by atoms with van der Waals surface area (Å²) in [6, 6.07) is 3.35. The van der Waals surface area contributed by atoms with Crippen LogP contribution in [0, 0.1) is 0 Å². The van der Waals surface area contributed by atoms with Crippen LogP contribution in [0.3, 0.4) is 0 Å². The first-order valence-electron chi connectivity index (χ1n) is 10.6. The minimum Gasteiger partial charge on any atom is -0.410 e. The highest BCUT2D eigenvalue weighted by atomic mass is 35.5. The summed E-state index contributed by atoms with van der Waals surface area (Å²) in [6.45, 7) is 6.78. The number of aromatic nitrogens is 1. The molecule has 0 aliphatic carbocycles. The van der Waals surface area contributed by atoms with E-state index in [1.165, 1.54) is 25.7 Å². The fourth-order valence-electron chi connectivity index (χ4n) is 4.92. The molecule has 1 unspecified atom stereocenters. The molecule has 6 heteroatoms. The van der Waals surface area contributed by atoms with Gasteiger partial charge in [0.15, 0.2) is 8.32 Å². The fourth-order valence-corrected chi connectivity index (χ4v) is 8.37. The molecule has 0 N–H and O–H groups in total. The van der Waals surface area contributed by atoms with Crippen molar-refractivity contribution < 1.29 is 9.16 Å². The van der Waals surface area contributed by atoms with E-state index in [2.05, 4.69) is 25.8 Å². The lowest BCUT2D eigenvalue weighted by atomic mass is 9.84. The van der Waals surface area contributed by atoms with Crippen molar-refractivity contribution in [2.24, 2.45) is 0 Å². The van der Waals surface area contributed by atoms with Crippen molar-refractivity contribution in [1.82, 2.24) is 4.98 Å². The lowest BCUT2D eigenvalue weighted by Crippen LogP contribution is -2.37. The maximum Gasteiger partial charge on any atom is 0.192 e. The zero-order valence-corrected chi connectivity index (χ0v) is 19.4. The van der Waals surface area contributed by atoms with E-state index in [0.29, 0.717) is 16.1 Å². The molecule has 2 fully saturated rings. The van der Waals surface area contributed by atoms with Crippen LogP contribution in [0.25, 0.3) is 0 Å². The van der Waals surface area contributed by atoms with Gasteiger partial charge in [0.05, 0.1) is 27.9 Å². The van der Waals surface area contributed by atoms with Gasteiger partial charge in [0.1, 0.15) is 0 Å². The van der Waals surface area contributed by atoms with E-state index in [-0.39, 0.29) is 11.7 Å². The third-order valence-electron chi connectivity index (χ3n) is 6.90. The van der Waals surface area contributed by atoms with E-state index in [0.717, 1.165) is 43.0 Å². The normalized spacial score (nSPS) is 25.9. The lowest BCUT2D eigenvalue weighted by molar-refractivity contribution is 0.00322. The van der Waals surface area contributed by atoms with Gasteiger partial charge >= 0.3 is 0 Å². The number of hydrogen-bond acceptors (Lipinski definition) is 3. The summed E-state index contributed by atoms with van der Waals surface area (Å²) < 4.78 is 13.1. The number of ether oxygens (including phenoxy) is 1. The lowest BCUT2D eigenvalue weighted by Gasteiger charge is -2.35. The van der Waals surface area contributed by atoms with Gasteiger partial charge in [0, 0.05) is 18.0 Å². The minimum absolute atomic E-state index is 0.0467. The van der Waals surface area contributed by atoms with Crippen LogP contribution < -0.4 is 0 Å². The first kappa shape index (κ1) is 21.6. The monoisotopic (exact) mass is 429 g/mol. The Hall–Kier alpha value is -0.133. The largest absolute Gasteiger partial charge is 0.410 e. The molecule has 3 nitrogen and oxygen atoms in total. The standard InChI is InChI=1S/C21H33Cl2NO2Si/c1-4-27(5-2,6-3)26-19(20-17(22)14-24-15-18(20)23)8-7-11-21-12-9-16(25-21)10-13-21/h14-16,19H,4-13H2,1-3H3. The predicted octanol–water partition coefficient (Wildman–Crippen LogP) is 7.33. The highest BCUT2D eigenvalue weighted by molar-refractivity contribution is 6.73. The second kappa shape index (κ2) is 9.13.